The Hall–Kier alpha value is -1.94. The Morgan fingerprint density at radius 2 is 2.24 bits per heavy atom. The van der Waals surface area contributed by atoms with Gasteiger partial charge in [-0.3, -0.25) is 4.79 Å². The van der Waals surface area contributed by atoms with Crippen LogP contribution in [0.5, 0.6) is 0 Å². The predicted octanol–water partition coefficient (Wildman–Crippen LogP) is 1.44. The molecule has 2 aromatic rings. The zero-order valence-electron chi connectivity index (χ0n) is 9.55. The molecule has 1 aromatic heterocycles. The minimum Gasteiger partial charge on any atom is -0.321 e. The van der Waals surface area contributed by atoms with E-state index < -0.39 is 6.04 Å². The van der Waals surface area contributed by atoms with Gasteiger partial charge in [-0.1, -0.05) is 24.3 Å². The zero-order chi connectivity index (χ0) is 12.0. The molecule has 0 radical (unpaired) electrons. The van der Waals surface area contributed by atoms with E-state index in [2.05, 4.69) is 11.1 Å². The van der Waals surface area contributed by atoms with E-state index in [4.69, 9.17) is 5.73 Å². The number of rotatable bonds is 2. The van der Waals surface area contributed by atoms with Crippen molar-refractivity contribution in [1.82, 2.24) is 9.55 Å². The summed E-state index contributed by atoms with van der Waals surface area (Å²) >= 11 is 0. The summed E-state index contributed by atoms with van der Waals surface area (Å²) in [5.41, 5.74) is 8.55. The molecule has 3 rings (SSSR count). The van der Waals surface area contributed by atoms with E-state index in [1.165, 1.54) is 5.56 Å². The molecule has 0 spiro atoms. The second-order valence-electron chi connectivity index (χ2n) is 4.36. The summed E-state index contributed by atoms with van der Waals surface area (Å²) in [5, 5.41) is 0. The lowest BCUT2D eigenvalue weighted by Gasteiger charge is -2.06. The van der Waals surface area contributed by atoms with Crippen molar-refractivity contribution in [2.24, 2.45) is 5.73 Å². The van der Waals surface area contributed by atoms with Crippen LogP contribution in [0.3, 0.4) is 0 Å². The van der Waals surface area contributed by atoms with Gasteiger partial charge in [0.2, 0.25) is 0 Å². The first-order valence-electron chi connectivity index (χ1n) is 5.62. The van der Waals surface area contributed by atoms with E-state index in [0.717, 1.165) is 11.4 Å². The number of nitrogens with zero attached hydrogens (tertiary/aromatic N) is 2. The van der Waals surface area contributed by atoms with Crippen LogP contribution in [-0.4, -0.2) is 21.4 Å². The number of carbonyl (C=O) groups excluding carboxylic acids is 1. The second kappa shape index (κ2) is 3.53. The lowest BCUT2D eigenvalue weighted by Crippen LogP contribution is -2.28. The highest BCUT2D eigenvalue weighted by atomic mass is 16.1. The maximum atomic E-state index is 11.9. The third-order valence-corrected chi connectivity index (χ3v) is 3.11. The van der Waals surface area contributed by atoms with Crippen LogP contribution < -0.4 is 5.73 Å². The molecule has 1 aliphatic heterocycles. The average Bonchev–Trinajstić information content (AvgIpc) is 2.86. The summed E-state index contributed by atoms with van der Waals surface area (Å²) < 4.78 is 1.94. The van der Waals surface area contributed by atoms with Gasteiger partial charge < -0.3 is 10.3 Å². The summed E-state index contributed by atoms with van der Waals surface area (Å²) in [7, 11) is 0. The SMILES string of the molecule is CC(N)C(=O)c1cnc2n1Cc1ccccc1-2. The molecule has 1 aromatic carbocycles. The van der Waals surface area contributed by atoms with Crippen molar-refractivity contribution in [2.45, 2.75) is 19.5 Å². The van der Waals surface area contributed by atoms with Gasteiger partial charge in [-0.25, -0.2) is 4.98 Å². The van der Waals surface area contributed by atoms with Crippen molar-refractivity contribution in [3.8, 4) is 11.4 Å². The summed E-state index contributed by atoms with van der Waals surface area (Å²) in [4.78, 5) is 16.3. The number of hydrogen-bond acceptors (Lipinski definition) is 3. The van der Waals surface area contributed by atoms with Crippen LogP contribution in [-0.2, 0) is 6.54 Å². The quantitative estimate of drug-likeness (QED) is 0.674. The van der Waals surface area contributed by atoms with Gasteiger partial charge in [-0.2, -0.15) is 0 Å². The van der Waals surface area contributed by atoms with Crippen LogP contribution in [0.4, 0.5) is 0 Å². The van der Waals surface area contributed by atoms with Gasteiger partial charge in [0.15, 0.2) is 5.78 Å². The first kappa shape index (κ1) is 10.2. The summed E-state index contributed by atoms with van der Waals surface area (Å²) in [6, 6.07) is 7.58. The number of carbonyl (C=O) groups is 1. The van der Waals surface area contributed by atoms with Gasteiger partial charge in [-0.05, 0) is 12.5 Å². The van der Waals surface area contributed by atoms with Gasteiger partial charge in [0.25, 0.3) is 0 Å². The molecule has 4 heteroatoms. The molecule has 2 heterocycles. The third kappa shape index (κ3) is 1.41. The number of ketones is 1. The Morgan fingerprint density at radius 1 is 1.47 bits per heavy atom. The fourth-order valence-electron chi connectivity index (χ4n) is 2.23. The molecular formula is C13H13N3O. The Bertz CT molecular complexity index is 598. The van der Waals surface area contributed by atoms with Crippen LogP contribution in [0, 0.1) is 0 Å². The number of Topliss-reactive ketones (excluding diaryl/α,β-unsaturated/α-hetero) is 1. The highest BCUT2D eigenvalue weighted by Gasteiger charge is 2.25. The normalized spacial score (nSPS) is 14.2. The van der Waals surface area contributed by atoms with Gasteiger partial charge in [0, 0.05) is 5.56 Å². The first-order chi connectivity index (χ1) is 8.18. The summed E-state index contributed by atoms with van der Waals surface area (Å²) in [6.45, 7) is 2.41. The molecule has 0 saturated carbocycles. The number of hydrogen-bond donors (Lipinski definition) is 1. The van der Waals surface area contributed by atoms with E-state index in [1.807, 2.05) is 22.8 Å². The number of benzene rings is 1. The van der Waals surface area contributed by atoms with Crippen molar-refractivity contribution in [1.29, 1.82) is 0 Å². The molecule has 2 N–H and O–H groups in total. The molecule has 0 aliphatic carbocycles. The third-order valence-electron chi connectivity index (χ3n) is 3.11. The molecule has 0 amide bonds. The largest absolute Gasteiger partial charge is 0.321 e. The van der Waals surface area contributed by atoms with Crippen LogP contribution in [0.1, 0.15) is 23.0 Å². The van der Waals surface area contributed by atoms with Gasteiger partial charge in [0.1, 0.15) is 11.5 Å². The Kier molecular flexibility index (Phi) is 2.12. The highest BCUT2D eigenvalue weighted by Crippen LogP contribution is 2.31. The summed E-state index contributed by atoms with van der Waals surface area (Å²) in [5.74, 6) is 0.807. The minimum atomic E-state index is -0.487. The van der Waals surface area contributed by atoms with Gasteiger partial charge >= 0.3 is 0 Å². The molecule has 1 unspecified atom stereocenters. The van der Waals surface area contributed by atoms with Crippen LogP contribution in [0.2, 0.25) is 0 Å². The Labute approximate surface area is 99.1 Å². The minimum absolute atomic E-state index is 0.0587. The van der Waals surface area contributed by atoms with Crippen molar-refractivity contribution in [2.75, 3.05) is 0 Å². The topological polar surface area (TPSA) is 60.9 Å². The molecule has 1 atom stereocenters. The number of imidazole rings is 1. The van der Waals surface area contributed by atoms with Crippen molar-refractivity contribution < 1.29 is 4.79 Å². The van der Waals surface area contributed by atoms with Crippen LogP contribution >= 0.6 is 0 Å². The molecule has 0 bridgehead atoms. The average molecular weight is 227 g/mol. The molecular weight excluding hydrogens is 214 g/mol. The van der Waals surface area contributed by atoms with Crippen LogP contribution in [0.25, 0.3) is 11.4 Å². The fourth-order valence-corrected chi connectivity index (χ4v) is 2.23. The van der Waals surface area contributed by atoms with E-state index >= 15 is 0 Å². The Balaban J connectivity index is 2.11. The van der Waals surface area contributed by atoms with E-state index in [0.29, 0.717) is 12.2 Å². The number of aromatic nitrogens is 2. The van der Waals surface area contributed by atoms with E-state index in [-0.39, 0.29) is 5.78 Å². The van der Waals surface area contributed by atoms with E-state index in [9.17, 15) is 4.79 Å². The number of nitrogens with two attached hydrogens (primary N) is 1. The molecule has 86 valence electrons. The van der Waals surface area contributed by atoms with Crippen LogP contribution in [0.15, 0.2) is 30.5 Å². The first-order valence-corrected chi connectivity index (χ1v) is 5.62. The van der Waals surface area contributed by atoms with E-state index in [1.54, 1.807) is 13.1 Å². The Morgan fingerprint density at radius 3 is 3.00 bits per heavy atom. The smallest absolute Gasteiger partial charge is 0.197 e. The molecule has 1 aliphatic rings. The van der Waals surface area contributed by atoms with Crippen molar-refractivity contribution in [3.05, 3.63) is 41.7 Å². The van der Waals surface area contributed by atoms with Gasteiger partial charge in [0.05, 0.1) is 18.8 Å². The highest BCUT2D eigenvalue weighted by molar-refractivity contribution is 5.99. The standard InChI is InChI=1S/C13H13N3O/c1-8(14)12(17)11-6-15-13-10-5-3-2-4-9(10)7-16(11)13/h2-6,8H,7,14H2,1H3. The predicted molar refractivity (Wildman–Crippen MR) is 64.7 cm³/mol. The number of fused-ring (bicyclic) bond motifs is 3. The molecule has 0 fully saturated rings. The van der Waals surface area contributed by atoms with Crippen molar-refractivity contribution in [3.63, 3.8) is 0 Å². The second-order valence-corrected chi connectivity index (χ2v) is 4.36. The maximum Gasteiger partial charge on any atom is 0.197 e. The maximum absolute atomic E-state index is 11.9. The molecule has 17 heavy (non-hydrogen) atoms. The lowest BCUT2D eigenvalue weighted by atomic mass is 10.1. The molecule has 4 nitrogen and oxygen atoms in total. The summed E-state index contributed by atoms with van der Waals surface area (Å²) in [6.07, 6.45) is 1.62. The zero-order valence-corrected chi connectivity index (χ0v) is 9.55. The lowest BCUT2D eigenvalue weighted by molar-refractivity contribution is 0.0959. The van der Waals surface area contributed by atoms with Gasteiger partial charge in [-0.15, -0.1) is 0 Å². The fraction of sp³-hybridized carbons (Fsp3) is 0.231. The monoisotopic (exact) mass is 227 g/mol. The molecule has 0 saturated heterocycles. The van der Waals surface area contributed by atoms with Crippen molar-refractivity contribution >= 4 is 5.78 Å².